The number of rotatable bonds is 7. The number of hydrogen-bond donors (Lipinski definition) is 1. The molecule has 0 aromatic heterocycles. The molecule has 1 fully saturated rings. The van der Waals surface area contributed by atoms with Crippen LogP contribution in [-0.4, -0.2) is 61.6 Å². The molecule has 1 aromatic carbocycles. The first kappa shape index (κ1) is 20.5. The molecule has 154 valence electrons. The molecule has 1 aromatic rings. The molecule has 7 heteroatoms. The summed E-state index contributed by atoms with van der Waals surface area (Å²) in [5, 5.41) is 3.00. The SMILES string of the molecule is CC(C)N(CCNC(=O)[C@@H]1CC(=O)N(c2ccc3c(c2)OCCO3)C1)C(C)C. The Kier molecular flexibility index (Phi) is 6.44. The minimum absolute atomic E-state index is 0.0391. The molecule has 7 nitrogen and oxygen atoms in total. The summed E-state index contributed by atoms with van der Waals surface area (Å²) in [5.74, 6) is 0.915. The molecule has 1 saturated heterocycles. The number of nitrogens with zero attached hydrogens (tertiary/aromatic N) is 2. The van der Waals surface area contributed by atoms with Crippen LogP contribution in [0.5, 0.6) is 11.5 Å². The monoisotopic (exact) mass is 389 g/mol. The predicted octanol–water partition coefficient (Wildman–Crippen LogP) is 2.05. The Bertz CT molecular complexity index is 712. The van der Waals surface area contributed by atoms with E-state index in [1.807, 2.05) is 18.2 Å². The maximum absolute atomic E-state index is 12.6. The molecule has 28 heavy (non-hydrogen) atoms. The van der Waals surface area contributed by atoms with Crippen molar-refractivity contribution in [2.45, 2.75) is 46.2 Å². The van der Waals surface area contributed by atoms with Gasteiger partial charge in [0.1, 0.15) is 13.2 Å². The molecule has 0 saturated carbocycles. The molecule has 0 spiro atoms. The summed E-state index contributed by atoms with van der Waals surface area (Å²) in [6, 6.07) is 6.33. The third-order valence-electron chi connectivity index (χ3n) is 5.33. The number of anilines is 1. The minimum atomic E-state index is -0.327. The molecule has 2 aliphatic rings. The highest BCUT2D eigenvalue weighted by molar-refractivity contribution is 6.00. The first-order valence-electron chi connectivity index (χ1n) is 10.1. The van der Waals surface area contributed by atoms with E-state index in [9.17, 15) is 9.59 Å². The fraction of sp³-hybridized carbons (Fsp3) is 0.619. The number of fused-ring (bicyclic) bond motifs is 1. The number of hydrogen-bond acceptors (Lipinski definition) is 5. The summed E-state index contributed by atoms with van der Waals surface area (Å²) in [7, 11) is 0. The van der Waals surface area contributed by atoms with Crippen LogP contribution in [0.15, 0.2) is 18.2 Å². The molecule has 0 aliphatic carbocycles. The van der Waals surface area contributed by atoms with E-state index in [0.717, 1.165) is 12.2 Å². The van der Waals surface area contributed by atoms with Gasteiger partial charge in [-0.1, -0.05) is 0 Å². The Morgan fingerprint density at radius 3 is 2.54 bits per heavy atom. The Hall–Kier alpha value is -2.28. The normalized spacial score (nSPS) is 19.0. The number of carbonyl (C=O) groups is 2. The maximum Gasteiger partial charge on any atom is 0.227 e. The van der Waals surface area contributed by atoms with Crippen molar-refractivity contribution in [1.29, 1.82) is 0 Å². The predicted molar refractivity (Wildman–Crippen MR) is 108 cm³/mol. The van der Waals surface area contributed by atoms with Gasteiger partial charge in [-0.3, -0.25) is 14.5 Å². The van der Waals surface area contributed by atoms with Gasteiger partial charge in [-0.05, 0) is 39.8 Å². The van der Waals surface area contributed by atoms with Crippen molar-refractivity contribution in [1.82, 2.24) is 10.2 Å². The van der Waals surface area contributed by atoms with E-state index in [1.165, 1.54) is 0 Å². The Morgan fingerprint density at radius 2 is 1.86 bits per heavy atom. The van der Waals surface area contributed by atoms with Gasteiger partial charge in [0.25, 0.3) is 0 Å². The van der Waals surface area contributed by atoms with E-state index in [0.29, 0.717) is 49.9 Å². The van der Waals surface area contributed by atoms with Gasteiger partial charge in [0, 0.05) is 49.9 Å². The average molecular weight is 389 g/mol. The van der Waals surface area contributed by atoms with Gasteiger partial charge in [0.2, 0.25) is 11.8 Å². The minimum Gasteiger partial charge on any atom is -0.486 e. The molecule has 2 heterocycles. The van der Waals surface area contributed by atoms with Crippen LogP contribution in [0, 0.1) is 5.92 Å². The van der Waals surface area contributed by atoms with Crippen molar-refractivity contribution >= 4 is 17.5 Å². The van der Waals surface area contributed by atoms with Crippen molar-refractivity contribution in [3.05, 3.63) is 18.2 Å². The molecule has 0 bridgehead atoms. The van der Waals surface area contributed by atoms with Crippen LogP contribution in [0.2, 0.25) is 0 Å². The van der Waals surface area contributed by atoms with E-state index in [4.69, 9.17) is 9.47 Å². The lowest BCUT2D eigenvalue weighted by atomic mass is 10.1. The summed E-state index contributed by atoms with van der Waals surface area (Å²) >= 11 is 0. The van der Waals surface area contributed by atoms with Gasteiger partial charge in [-0.15, -0.1) is 0 Å². The topological polar surface area (TPSA) is 71.1 Å². The molecular formula is C21H31N3O4. The van der Waals surface area contributed by atoms with Crippen LogP contribution in [0.1, 0.15) is 34.1 Å². The Morgan fingerprint density at radius 1 is 1.18 bits per heavy atom. The van der Waals surface area contributed by atoms with Crippen LogP contribution in [0.4, 0.5) is 5.69 Å². The lowest BCUT2D eigenvalue weighted by Crippen LogP contribution is -2.43. The molecule has 1 atom stereocenters. The third kappa shape index (κ3) is 4.58. The number of ether oxygens (including phenoxy) is 2. The van der Waals surface area contributed by atoms with E-state index in [-0.39, 0.29) is 24.2 Å². The lowest BCUT2D eigenvalue weighted by molar-refractivity contribution is -0.126. The van der Waals surface area contributed by atoms with Gasteiger partial charge in [-0.25, -0.2) is 0 Å². The fourth-order valence-corrected chi connectivity index (χ4v) is 3.90. The van der Waals surface area contributed by atoms with Crippen molar-refractivity contribution in [2.75, 3.05) is 37.7 Å². The van der Waals surface area contributed by atoms with Crippen LogP contribution in [-0.2, 0) is 9.59 Å². The fourth-order valence-electron chi connectivity index (χ4n) is 3.90. The second-order valence-corrected chi connectivity index (χ2v) is 7.95. The highest BCUT2D eigenvalue weighted by atomic mass is 16.6. The highest BCUT2D eigenvalue weighted by Crippen LogP contribution is 2.35. The smallest absolute Gasteiger partial charge is 0.227 e. The van der Waals surface area contributed by atoms with Crippen LogP contribution >= 0.6 is 0 Å². The van der Waals surface area contributed by atoms with Crippen molar-refractivity contribution < 1.29 is 19.1 Å². The van der Waals surface area contributed by atoms with Gasteiger partial charge >= 0.3 is 0 Å². The molecule has 2 amide bonds. The first-order chi connectivity index (χ1) is 13.4. The molecular weight excluding hydrogens is 358 g/mol. The summed E-state index contributed by atoms with van der Waals surface area (Å²) in [4.78, 5) is 29.1. The third-order valence-corrected chi connectivity index (χ3v) is 5.33. The van der Waals surface area contributed by atoms with E-state index in [2.05, 4.69) is 37.9 Å². The van der Waals surface area contributed by atoms with Crippen LogP contribution < -0.4 is 19.7 Å². The van der Waals surface area contributed by atoms with Gasteiger partial charge < -0.3 is 19.7 Å². The second kappa shape index (κ2) is 8.82. The summed E-state index contributed by atoms with van der Waals surface area (Å²) < 4.78 is 11.1. The number of amides is 2. The quantitative estimate of drug-likeness (QED) is 0.773. The summed E-state index contributed by atoms with van der Waals surface area (Å²) in [6.07, 6.45) is 0.234. The van der Waals surface area contributed by atoms with Gasteiger partial charge in [0.05, 0.1) is 5.92 Å². The number of benzene rings is 1. The van der Waals surface area contributed by atoms with E-state index >= 15 is 0 Å². The maximum atomic E-state index is 12.6. The Balaban J connectivity index is 1.56. The zero-order valence-electron chi connectivity index (χ0n) is 17.2. The van der Waals surface area contributed by atoms with E-state index < -0.39 is 0 Å². The summed E-state index contributed by atoms with van der Waals surface area (Å²) in [5.41, 5.74) is 0.746. The standard InChI is InChI=1S/C21H31N3O4/c1-14(2)23(15(3)4)8-7-22-21(26)16-11-20(25)24(13-16)17-5-6-18-19(12-17)28-10-9-27-18/h5-6,12,14-16H,7-11,13H2,1-4H3,(H,22,26)/t16-/m1/s1. The average Bonchev–Trinajstić information content (AvgIpc) is 3.05. The molecule has 2 aliphatic heterocycles. The molecule has 3 rings (SSSR count). The first-order valence-corrected chi connectivity index (χ1v) is 10.1. The lowest BCUT2D eigenvalue weighted by Gasteiger charge is -2.30. The van der Waals surface area contributed by atoms with Gasteiger partial charge in [0.15, 0.2) is 11.5 Å². The van der Waals surface area contributed by atoms with Crippen LogP contribution in [0.25, 0.3) is 0 Å². The van der Waals surface area contributed by atoms with E-state index in [1.54, 1.807) is 4.90 Å². The van der Waals surface area contributed by atoms with Crippen LogP contribution in [0.3, 0.4) is 0 Å². The molecule has 0 unspecified atom stereocenters. The van der Waals surface area contributed by atoms with Crippen molar-refractivity contribution in [2.24, 2.45) is 5.92 Å². The number of nitrogens with one attached hydrogen (secondary N) is 1. The Labute approximate surface area is 167 Å². The zero-order valence-corrected chi connectivity index (χ0v) is 17.2. The zero-order chi connectivity index (χ0) is 20.3. The molecule has 1 N–H and O–H groups in total. The van der Waals surface area contributed by atoms with Gasteiger partial charge in [-0.2, -0.15) is 0 Å². The largest absolute Gasteiger partial charge is 0.486 e. The number of carbonyl (C=O) groups excluding carboxylic acids is 2. The van der Waals surface area contributed by atoms with Crippen molar-refractivity contribution in [3.63, 3.8) is 0 Å². The second-order valence-electron chi connectivity index (χ2n) is 7.95. The van der Waals surface area contributed by atoms with Crippen molar-refractivity contribution in [3.8, 4) is 11.5 Å². The highest BCUT2D eigenvalue weighted by Gasteiger charge is 2.35. The summed E-state index contributed by atoms with van der Waals surface area (Å²) in [6.45, 7) is 11.4. The molecule has 0 radical (unpaired) electrons.